The number of nitrogens with zero attached hydrogens (tertiary/aromatic N) is 1. The van der Waals surface area contributed by atoms with Crippen molar-refractivity contribution in [2.75, 3.05) is 25.6 Å². The molecule has 0 saturated heterocycles. The number of carbonyl (C=O) groups excluding carboxylic acids is 2. The summed E-state index contributed by atoms with van der Waals surface area (Å²) in [6.07, 6.45) is 2.60. The molecule has 28 heavy (non-hydrogen) atoms. The molecule has 2 unspecified atom stereocenters. The Balaban J connectivity index is 0.000000576. The van der Waals surface area contributed by atoms with Crippen molar-refractivity contribution in [2.45, 2.75) is 46.1 Å². The van der Waals surface area contributed by atoms with Crippen LogP contribution in [0.4, 0.5) is 0 Å². The number of aromatic nitrogens is 1. The van der Waals surface area contributed by atoms with Crippen molar-refractivity contribution in [3.63, 3.8) is 0 Å². The van der Waals surface area contributed by atoms with Gasteiger partial charge in [0.1, 0.15) is 18.2 Å². The normalized spacial score (nSPS) is 12.5. The van der Waals surface area contributed by atoms with Crippen LogP contribution in [0.1, 0.15) is 41.0 Å². The quantitative estimate of drug-likeness (QED) is 0.317. The molecule has 0 aliphatic rings. The van der Waals surface area contributed by atoms with E-state index in [2.05, 4.69) is 4.98 Å². The minimum absolute atomic E-state index is 0.00319. The van der Waals surface area contributed by atoms with Crippen molar-refractivity contribution in [3.8, 4) is 0 Å². The summed E-state index contributed by atoms with van der Waals surface area (Å²) >= 11 is 0. The molecule has 160 valence electrons. The van der Waals surface area contributed by atoms with E-state index in [-0.39, 0.29) is 37.0 Å². The minimum atomic E-state index is -0.228. The highest BCUT2D eigenvalue weighted by Crippen LogP contribution is 2.28. The predicted molar refractivity (Wildman–Crippen MR) is 115 cm³/mol. The van der Waals surface area contributed by atoms with Crippen LogP contribution < -0.4 is 0 Å². The number of esters is 2. The number of aliphatic hydroxyl groups is 1. The summed E-state index contributed by atoms with van der Waals surface area (Å²) in [6, 6.07) is 5.81. The number of pyridine rings is 1. The lowest BCUT2D eigenvalue weighted by molar-refractivity contribution is -0.150. The average molecular weight is 432 g/mol. The lowest BCUT2D eigenvalue weighted by Gasteiger charge is -2.13. The van der Waals surface area contributed by atoms with Gasteiger partial charge in [-0.2, -0.15) is 0 Å². The number of hydrogen-bond donors (Lipinski definition) is 1. The Hall–Kier alpha value is -1.25. The molecule has 0 aromatic carbocycles. The van der Waals surface area contributed by atoms with Gasteiger partial charge in [-0.05, 0) is 35.3 Å². The Morgan fingerprint density at radius 3 is 2.32 bits per heavy atom. The van der Waals surface area contributed by atoms with Gasteiger partial charge in [-0.15, -0.1) is 0 Å². The van der Waals surface area contributed by atoms with Gasteiger partial charge >= 0.3 is 11.9 Å². The standard InChI is InChI=1S/C12H17NO2S2.C8H16O3/c1-3-10(2)12(14)15-8-9-16-17-11-6-4-5-7-13-11;1-6(2)7(3)8(10)11-5-4-9/h4-7,10H,3,8-9H2,1-2H3;6-7,9H,4-5H2,1-3H3. The highest BCUT2D eigenvalue weighted by Gasteiger charge is 2.17. The van der Waals surface area contributed by atoms with Crippen LogP contribution in [0.5, 0.6) is 0 Å². The Labute approximate surface area is 176 Å². The molecule has 1 N–H and O–H groups in total. The number of ether oxygens (including phenoxy) is 2. The molecule has 0 saturated carbocycles. The van der Waals surface area contributed by atoms with Gasteiger partial charge in [0.15, 0.2) is 0 Å². The number of rotatable bonds is 11. The van der Waals surface area contributed by atoms with Gasteiger partial charge in [-0.1, -0.05) is 51.5 Å². The Kier molecular flexibility index (Phi) is 15.9. The highest BCUT2D eigenvalue weighted by atomic mass is 33.1. The molecule has 0 aliphatic carbocycles. The molecule has 0 fully saturated rings. The molecule has 0 aliphatic heterocycles. The van der Waals surface area contributed by atoms with E-state index in [1.807, 2.05) is 52.8 Å². The van der Waals surface area contributed by atoms with E-state index in [0.29, 0.717) is 12.5 Å². The third-order valence-corrected chi connectivity index (χ3v) is 6.14. The maximum atomic E-state index is 11.4. The molecule has 1 heterocycles. The third-order valence-electron chi connectivity index (χ3n) is 3.92. The molecule has 1 aromatic rings. The Bertz CT molecular complexity index is 543. The summed E-state index contributed by atoms with van der Waals surface area (Å²) in [5.74, 6) is 0.667. The highest BCUT2D eigenvalue weighted by molar-refractivity contribution is 8.76. The fourth-order valence-corrected chi connectivity index (χ4v) is 3.24. The monoisotopic (exact) mass is 431 g/mol. The smallest absolute Gasteiger partial charge is 0.308 e. The first-order valence-corrected chi connectivity index (χ1v) is 11.8. The van der Waals surface area contributed by atoms with Crippen LogP contribution in [-0.2, 0) is 19.1 Å². The van der Waals surface area contributed by atoms with Gasteiger partial charge < -0.3 is 14.6 Å². The summed E-state index contributed by atoms with van der Waals surface area (Å²) < 4.78 is 9.86. The van der Waals surface area contributed by atoms with Crippen molar-refractivity contribution in [3.05, 3.63) is 24.4 Å². The molecule has 2 atom stereocenters. The average Bonchev–Trinajstić information content (AvgIpc) is 2.71. The van der Waals surface area contributed by atoms with Gasteiger partial charge in [0.05, 0.1) is 18.4 Å². The molecule has 1 aromatic heterocycles. The molecule has 0 spiro atoms. The fourth-order valence-electron chi connectivity index (χ4n) is 1.53. The lowest BCUT2D eigenvalue weighted by atomic mass is 9.99. The van der Waals surface area contributed by atoms with Gasteiger partial charge in [-0.3, -0.25) is 9.59 Å². The lowest BCUT2D eigenvalue weighted by Crippen LogP contribution is -2.20. The zero-order valence-corrected chi connectivity index (χ0v) is 19.1. The summed E-state index contributed by atoms with van der Waals surface area (Å²) in [7, 11) is 3.25. The van der Waals surface area contributed by atoms with E-state index < -0.39 is 0 Å². The van der Waals surface area contributed by atoms with E-state index in [1.54, 1.807) is 27.8 Å². The molecular weight excluding hydrogens is 398 g/mol. The van der Waals surface area contributed by atoms with Gasteiger partial charge in [0, 0.05) is 11.9 Å². The number of carbonyl (C=O) groups is 2. The van der Waals surface area contributed by atoms with Crippen LogP contribution in [0.25, 0.3) is 0 Å². The Morgan fingerprint density at radius 1 is 1.11 bits per heavy atom. The summed E-state index contributed by atoms with van der Waals surface area (Å²) in [5, 5.41) is 9.34. The van der Waals surface area contributed by atoms with Crippen LogP contribution in [0.3, 0.4) is 0 Å². The van der Waals surface area contributed by atoms with Crippen molar-refractivity contribution < 1.29 is 24.2 Å². The topological polar surface area (TPSA) is 85.7 Å². The molecule has 0 amide bonds. The van der Waals surface area contributed by atoms with Crippen molar-refractivity contribution in [2.24, 2.45) is 17.8 Å². The number of aliphatic hydroxyl groups excluding tert-OH is 1. The third kappa shape index (κ3) is 13.0. The van der Waals surface area contributed by atoms with E-state index in [9.17, 15) is 9.59 Å². The maximum absolute atomic E-state index is 11.4. The van der Waals surface area contributed by atoms with Crippen molar-refractivity contribution in [1.82, 2.24) is 4.98 Å². The van der Waals surface area contributed by atoms with E-state index in [1.165, 1.54) is 0 Å². The van der Waals surface area contributed by atoms with Crippen molar-refractivity contribution in [1.29, 1.82) is 0 Å². The maximum Gasteiger partial charge on any atom is 0.308 e. The first kappa shape index (κ1) is 26.8. The second kappa shape index (κ2) is 16.7. The largest absolute Gasteiger partial charge is 0.465 e. The van der Waals surface area contributed by atoms with Gasteiger partial charge in [-0.25, -0.2) is 4.98 Å². The second-order valence-corrected chi connectivity index (χ2v) is 8.91. The van der Waals surface area contributed by atoms with Crippen LogP contribution >= 0.6 is 21.6 Å². The Morgan fingerprint density at radius 2 is 1.79 bits per heavy atom. The molecule has 8 heteroatoms. The van der Waals surface area contributed by atoms with Crippen LogP contribution in [0.15, 0.2) is 29.4 Å². The first-order valence-electron chi connectivity index (χ1n) is 9.48. The molecule has 0 radical (unpaired) electrons. The number of hydrogen-bond acceptors (Lipinski definition) is 8. The van der Waals surface area contributed by atoms with Crippen LogP contribution in [0.2, 0.25) is 0 Å². The fraction of sp³-hybridized carbons (Fsp3) is 0.650. The van der Waals surface area contributed by atoms with E-state index in [4.69, 9.17) is 14.6 Å². The van der Waals surface area contributed by atoms with Crippen LogP contribution in [-0.4, -0.2) is 47.6 Å². The predicted octanol–water partition coefficient (Wildman–Crippen LogP) is 4.23. The molecule has 1 rings (SSSR count). The van der Waals surface area contributed by atoms with Crippen molar-refractivity contribution >= 4 is 33.5 Å². The summed E-state index contributed by atoms with van der Waals surface area (Å²) in [4.78, 5) is 26.6. The minimum Gasteiger partial charge on any atom is -0.465 e. The SMILES string of the molecule is CC(C)C(C)C(=O)OCCO.CCC(C)C(=O)OCCSSc1ccccn1. The van der Waals surface area contributed by atoms with Gasteiger partial charge in [0.2, 0.25) is 0 Å². The van der Waals surface area contributed by atoms with E-state index >= 15 is 0 Å². The van der Waals surface area contributed by atoms with Gasteiger partial charge in [0.25, 0.3) is 0 Å². The zero-order valence-electron chi connectivity index (χ0n) is 17.4. The summed E-state index contributed by atoms with van der Waals surface area (Å²) in [6.45, 7) is 10.1. The molecule has 0 bridgehead atoms. The first-order chi connectivity index (χ1) is 13.3. The molecule has 6 nitrogen and oxygen atoms in total. The summed E-state index contributed by atoms with van der Waals surface area (Å²) in [5.41, 5.74) is 0. The zero-order chi connectivity index (χ0) is 21.4. The second-order valence-electron chi connectivity index (χ2n) is 6.47. The van der Waals surface area contributed by atoms with E-state index in [0.717, 1.165) is 17.2 Å². The molecular formula is C20H33NO5S2. The van der Waals surface area contributed by atoms with Crippen LogP contribution in [0, 0.1) is 17.8 Å².